The Kier molecular flexibility index (Phi) is 2.19. The SMILES string of the molecule is CC(C)[C@]12O[C@H]1[C@@H]1OC13C1(OC1C[C@H]1C4=C(CC[C@@]13C)C(=O)OC4)[C@@H]2O. The number of aliphatic hydroxyl groups is 1. The molecule has 4 heterocycles. The number of epoxide rings is 3. The van der Waals surface area contributed by atoms with E-state index in [9.17, 15) is 9.90 Å². The van der Waals surface area contributed by atoms with Crippen LogP contribution in [0.2, 0.25) is 0 Å². The van der Waals surface area contributed by atoms with Crippen LogP contribution in [0.15, 0.2) is 11.1 Å². The van der Waals surface area contributed by atoms with E-state index in [1.165, 1.54) is 0 Å². The first-order chi connectivity index (χ1) is 12.3. The van der Waals surface area contributed by atoms with Gasteiger partial charge in [0.1, 0.15) is 36.1 Å². The fraction of sp³-hybridized carbons (Fsp3) is 0.850. The minimum Gasteiger partial charge on any atom is -0.458 e. The van der Waals surface area contributed by atoms with Crippen LogP contribution in [0.5, 0.6) is 0 Å². The first kappa shape index (κ1) is 15.0. The molecule has 140 valence electrons. The van der Waals surface area contributed by atoms with E-state index >= 15 is 0 Å². The number of carbonyl (C=O) groups excluding carboxylic acids is 1. The fourth-order valence-electron chi connectivity index (χ4n) is 7.70. The largest absolute Gasteiger partial charge is 0.458 e. The highest BCUT2D eigenvalue weighted by Crippen LogP contribution is 2.82. The topological polar surface area (TPSA) is 84.1 Å². The van der Waals surface area contributed by atoms with Gasteiger partial charge in [0, 0.05) is 11.0 Å². The van der Waals surface area contributed by atoms with Crippen LogP contribution in [0.25, 0.3) is 0 Å². The molecule has 2 saturated carbocycles. The monoisotopic (exact) mass is 360 g/mol. The third-order valence-electron chi connectivity index (χ3n) is 9.10. The van der Waals surface area contributed by atoms with Crippen molar-refractivity contribution in [2.24, 2.45) is 17.3 Å². The molecule has 9 atom stereocenters. The molecule has 0 aromatic carbocycles. The zero-order valence-electron chi connectivity index (χ0n) is 15.3. The maximum atomic E-state index is 12.1. The molecule has 3 aliphatic carbocycles. The smallest absolute Gasteiger partial charge is 0.334 e. The van der Waals surface area contributed by atoms with Crippen molar-refractivity contribution in [2.45, 2.75) is 81.3 Å². The number of rotatable bonds is 1. The summed E-state index contributed by atoms with van der Waals surface area (Å²) in [6.45, 7) is 6.91. The highest BCUT2D eigenvalue weighted by atomic mass is 16.7. The number of ether oxygens (including phenoxy) is 4. The van der Waals surface area contributed by atoms with Crippen molar-refractivity contribution in [3.63, 3.8) is 0 Å². The van der Waals surface area contributed by atoms with Gasteiger partial charge in [-0.1, -0.05) is 20.8 Å². The van der Waals surface area contributed by atoms with E-state index in [1.54, 1.807) is 0 Å². The minimum absolute atomic E-state index is 0.00808. The van der Waals surface area contributed by atoms with Crippen LogP contribution in [0.1, 0.15) is 40.0 Å². The Morgan fingerprint density at radius 1 is 1.19 bits per heavy atom. The lowest BCUT2D eigenvalue weighted by atomic mass is 9.46. The predicted molar refractivity (Wildman–Crippen MR) is 87.1 cm³/mol. The van der Waals surface area contributed by atoms with E-state index in [0.717, 1.165) is 30.4 Å². The number of cyclic esters (lactones) is 1. The molecule has 6 heteroatoms. The van der Waals surface area contributed by atoms with Crippen molar-refractivity contribution in [1.29, 1.82) is 0 Å². The first-order valence-electron chi connectivity index (χ1n) is 9.95. The molecule has 26 heavy (non-hydrogen) atoms. The number of aliphatic hydroxyl groups excluding tert-OH is 1. The van der Waals surface area contributed by atoms with E-state index in [0.29, 0.717) is 6.61 Å². The molecule has 0 aromatic rings. The molecule has 3 unspecified atom stereocenters. The summed E-state index contributed by atoms with van der Waals surface area (Å²) >= 11 is 0. The Balaban J connectivity index is 1.39. The number of hydrogen-bond acceptors (Lipinski definition) is 6. The number of hydrogen-bond donors (Lipinski definition) is 1. The fourth-order valence-corrected chi connectivity index (χ4v) is 7.70. The van der Waals surface area contributed by atoms with Crippen molar-refractivity contribution in [3.8, 4) is 0 Å². The Bertz CT molecular complexity index is 819. The molecule has 3 saturated heterocycles. The van der Waals surface area contributed by atoms with Crippen molar-refractivity contribution < 1.29 is 28.8 Å². The third kappa shape index (κ3) is 1.14. The van der Waals surface area contributed by atoms with Crippen LogP contribution in [0.3, 0.4) is 0 Å². The van der Waals surface area contributed by atoms with Gasteiger partial charge >= 0.3 is 5.97 Å². The lowest BCUT2D eigenvalue weighted by Gasteiger charge is -2.53. The number of esters is 1. The molecule has 7 aliphatic rings. The molecule has 5 fully saturated rings. The molecule has 0 amide bonds. The Morgan fingerprint density at radius 2 is 2.00 bits per heavy atom. The van der Waals surface area contributed by atoms with Crippen molar-refractivity contribution in [1.82, 2.24) is 0 Å². The molecule has 7 rings (SSSR count). The van der Waals surface area contributed by atoms with Gasteiger partial charge in [-0.05, 0) is 36.7 Å². The second kappa shape index (κ2) is 3.79. The molecule has 2 spiro atoms. The van der Waals surface area contributed by atoms with Crippen molar-refractivity contribution in [2.75, 3.05) is 6.61 Å². The number of carbonyl (C=O) groups is 1. The molecule has 4 aliphatic heterocycles. The van der Waals surface area contributed by atoms with E-state index in [2.05, 4.69) is 20.8 Å². The first-order valence-corrected chi connectivity index (χ1v) is 9.95. The average molecular weight is 360 g/mol. The zero-order chi connectivity index (χ0) is 17.9. The van der Waals surface area contributed by atoms with Crippen LogP contribution in [0.4, 0.5) is 0 Å². The van der Waals surface area contributed by atoms with Gasteiger partial charge in [-0.2, -0.15) is 0 Å². The van der Waals surface area contributed by atoms with E-state index in [1.807, 2.05) is 0 Å². The van der Waals surface area contributed by atoms with Gasteiger partial charge in [0.15, 0.2) is 5.60 Å². The summed E-state index contributed by atoms with van der Waals surface area (Å²) in [6, 6.07) is 0. The van der Waals surface area contributed by atoms with Gasteiger partial charge in [-0.3, -0.25) is 0 Å². The second-order valence-corrected chi connectivity index (χ2v) is 9.91. The summed E-state index contributed by atoms with van der Waals surface area (Å²) in [4.78, 5) is 12.1. The zero-order valence-corrected chi connectivity index (χ0v) is 15.3. The van der Waals surface area contributed by atoms with Crippen molar-refractivity contribution in [3.05, 3.63) is 11.1 Å². The van der Waals surface area contributed by atoms with E-state index in [4.69, 9.17) is 18.9 Å². The Hall–Kier alpha value is -0.950. The molecule has 0 aromatic heterocycles. The maximum absolute atomic E-state index is 12.1. The molecule has 1 N–H and O–H groups in total. The molecular weight excluding hydrogens is 336 g/mol. The van der Waals surface area contributed by atoms with E-state index in [-0.39, 0.29) is 41.5 Å². The summed E-state index contributed by atoms with van der Waals surface area (Å²) in [5, 5.41) is 11.4. The highest BCUT2D eigenvalue weighted by Gasteiger charge is 3.00. The van der Waals surface area contributed by atoms with Gasteiger partial charge < -0.3 is 24.1 Å². The van der Waals surface area contributed by atoms with E-state index < -0.39 is 22.9 Å². The molecule has 6 nitrogen and oxygen atoms in total. The molecular formula is C20H24O6. The quantitative estimate of drug-likeness (QED) is 0.557. The summed E-state index contributed by atoms with van der Waals surface area (Å²) < 4.78 is 24.3. The lowest BCUT2D eigenvalue weighted by molar-refractivity contribution is -0.136. The van der Waals surface area contributed by atoms with Crippen LogP contribution >= 0.6 is 0 Å². The summed E-state index contributed by atoms with van der Waals surface area (Å²) in [5.74, 6) is 0.297. The number of fused-ring (bicyclic) bond motifs is 4. The third-order valence-corrected chi connectivity index (χ3v) is 9.10. The average Bonchev–Trinajstić information content (AvgIpc) is 3.47. The minimum atomic E-state index is -0.654. The predicted octanol–water partition coefficient (Wildman–Crippen LogP) is 1.10. The highest BCUT2D eigenvalue weighted by molar-refractivity contribution is 5.92. The van der Waals surface area contributed by atoms with Gasteiger partial charge in [0.2, 0.25) is 0 Å². The molecule has 0 radical (unpaired) electrons. The van der Waals surface area contributed by atoms with Gasteiger partial charge in [0.25, 0.3) is 0 Å². The molecule has 0 bridgehead atoms. The maximum Gasteiger partial charge on any atom is 0.334 e. The standard InChI is InChI=1S/C20H24O6/c1-8(2)18-13(25-18)14-20(26-14)17(3)5-4-9-10(7-23-15(9)21)11(17)6-12-19(20,24-12)16(18)22/h8,11-14,16,22H,4-7H2,1-3H3/t11-,12?,13-,14-,16+,17-,18-,19?,20?/m0/s1. The normalized spacial score (nSPS) is 63.1. The second-order valence-electron chi connectivity index (χ2n) is 9.91. The van der Waals surface area contributed by atoms with Crippen molar-refractivity contribution >= 4 is 5.97 Å². The van der Waals surface area contributed by atoms with Gasteiger partial charge in [-0.15, -0.1) is 0 Å². The van der Waals surface area contributed by atoms with Crippen LogP contribution in [-0.4, -0.2) is 58.9 Å². The summed E-state index contributed by atoms with van der Waals surface area (Å²) in [5.41, 5.74) is 0.230. The van der Waals surface area contributed by atoms with Crippen LogP contribution in [-0.2, 0) is 23.7 Å². The lowest BCUT2D eigenvalue weighted by Crippen LogP contribution is -2.69. The Labute approximate surface area is 151 Å². The van der Waals surface area contributed by atoms with Gasteiger partial charge in [0.05, 0.1) is 6.10 Å². The van der Waals surface area contributed by atoms with Crippen LogP contribution < -0.4 is 0 Å². The van der Waals surface area contributed by atoms with Gasteiger partial charge in [-0.25, -0.2) is 4.79 Å². The summed E-state index contributed by atoms with van der Waals surface area (Å²) in [6.07, 6.45) is 1.71. The van der Waals surface area contributed by atoms with Crippen LogP contribution in [0, 0.1) is 17.3 Å². The Morgan fingerprint density at radius 3 is 2.77 bits per heavy atom. The summed E-state index contributed by atoms with van der Waals surface area (Å²) in [7, 11) is 0.